The van der Waals surface area contributed by atoms with Gasteiger partial charge in [-0.1, -0.05) is 106 Å². The van der Waals surface area contributed by atoms with E-state index in [1.165, 1.54) is 43.4 Å². The Bertz CT molecular complexity index is 2470. The van der Waals surface area contributed by atoms with Gasteiger partial charge >= 0.3 is 0 Å². The molecular weight excluding hydrogens is 565 g/mol. The predicted octanol–water partition coefficient (Wildman–Crippen LogP) is 12.4. The highest BCUT2D eigenvalue weighted by molar-refractivity contribution is 7.26. The van der Waals surface area contributed by atoms with Crippen molar-refractivity contribution in [2.24, 2.45) is 0 Å². The van der Waals surface area contributed by atoms with Crippen molar-refractivity contribution in [2.45, 2.75) is 46.4 Å². The Kier molecular flexibility index (Phi) is 5.85. The normalized spacial score (nSPS) is 13.3. The van der Waals surface area contributed by atoms with Crippen molar-refractivity contribution in [1.29, 1.82) is 0 Å². The summed E-state index contributed by atoms with van der Waals surface area (Å²) in [4.78, 5) is 5.36. The van der Waals surface area contributed by atoms with Crippen molar-refractivity contribution in [3.05, 3.63) is 132 Å². The van der Waals surface area contributed by atoms with Crippen LogP contribution in [0.15, 0.2) is 115 Å². The number of nitrogens with zero attached hydrogens (tertiary/aromatic N) is 2. The fourth-order valence-corrected chi connectivity index (χ4v) is 8.01. The van der Waals surface area contributed by atoms with E-state index in [0.717, 1.165) is 37.9 Å². The Morgan fingerprint density at radius 2 is 1.42 bits per heavy atom. The fraction of sp³-hybridized carbons (Fsp3) is 0.167. The molecule has 8 rings (SSSR count). The van der Waals surface area contributed by atoms with Gasteiger partial charge in [0.1, 0.15) is 5.82 Å². The van der Waals surface area contributed by atoms with Crippen LogP contribution in [-0.4, -0.2) is 9.55 Å². The van der Waals surface area contributed by atoms with Gasteiger partial charge in [-0.25, -0.2) is 4.98 Å². The molecule has 0 aliphatic heterocycles. The maximum atomic E-state index is 7.92. The zero-order valence-electron chi connectivity index (χ0n) is 28.9. The maximum Gasteiger partial charge on any atom is 0.147 e. The van der Waals surface area contributed by atoms with Crippen molar-refractivity contribution < 1.29 is 4.11 Å². The smallest absolute Gasteiger partial charge is 0.147 e. The summed E-state index contributed by atoms with van der Waals surface area (Å²) in [7, 11) is 0. The summed E-state index contributed by atoms with van der Waals surface area (Å²) in [5, 5.41) is 4.33. The van der Waals surface area contributed by atoms with Gasteiger partial charge < -0.3 is 0 Å². The van der Waals surface area contributed by atoms with E-state index in [0.29, 0.717) is 5.56 Å². The summed E-state index contributed by atoms with van der Waals surface area (Å²) in [5.41, 5.74) is 9.77. The second-order valence-electron chi connectivity index (χ2n) is 12.6. The van der Waals surface area contributed by atoms with Gasteiger partial charge in [-0.15, -0.1) is 11.3 Å². The molecule has 0 saturated carbocycles. The summed E-state index contributed by atoms with van der Waals surface area (Å²) in [6.45, 7) is 6.99. The van der Waals surface area contributed by atoms with E-state index >= 15 is 0 Å². The molecule has 3 heteroatoms. The molecule has 0 unspecified atom stereocenters. The molecule has 2 aromatic heterocycles. The fourth-order valence-electron chi connectivity index (χ4n) is 6.77. The quantitative estimate of drug-likeness (QED) is 0.191. The molecule has 0 spiro atoms. The van der Waals surface area contributed by atoms with Crippen molar-refractivity contribution in [1.82, 2.24) is 9.55 Å². The molecule has 8 aromatic rings. The van der Waals surface area contributed by atoms with Crippen LogP contribution < -0.4 is 0 Å². The largest absolute Gasteiger partial charge is 0.292 e. The standard InChI is InChI=1S/C42H36N2S/c1-25(2)34-22-31(28-12-7-6-8-13-28)23-35(26(3)4)40(34)44-38-17-10-9-16-37(38)43-42(44)33-15-11-14-32-36-21-29-19-18-27(5)20-30(29)24-39(36)45-41(32)33/h6-26H,1-5H3/i5D3. The number of rotatable bonds is 5. The van der Waals surface area contributed by atoms with Crippen LogP contribution in [0.3, 0.4) is 0 Å². The summed E-state index contributed by atoms with van der Waals surface area (Å²) >= 11 is 1.75. The number of aryl methyl sites for hydroxylation is 1. The Morgan fingerprint density at radius 1 is 0.667 bits per heavy atom. The van der Waals surface area contributed by atoms with E-state index in [2.05, 4.69) is 129 Å². The first-order chi connectivity index (χ1) is 23.1. The van der Waals surface area contributed by atoms with Crippen LogP contribution in [0, 0.1) is 6.85 Å². The van der Waals surface area contributed by atoms with Crippen LogP contribution in [-0.2, 0) is 0 Å². The molecule has 0 radical (unpaired) electrons. The maximum absolute atomic E-state index is 7.92. The van der Waals surface area contributed by atoms with Crippen molar-refractivity contribution in [2.75, 3.05) is 0 Å². The molecule has 6 aromatic carbocycles. The monoisotopic (exact) mass is 603 g/mol. The number of hydrogen-bond acceptors (Lipinski definition) is 2. The van der Waals surface area contributed by atoms with E-state index in [-0.39, 0.29) is 11.8 Å². The van der Waals surface area contributed by atoms with Gasteiger partial charge in [0, 0.05) is 29.8 Å². The summed E-state index contributed by atoms with van der Waals surface area (Å²) in [5.74, 6) is 1.49. The third kappa shape index (κ3) is 4.57. The Hall–Kier alpha value is -4.73. The van der Waals surface area contributed by atoms with Crippen LogP contribution in [0.5, 0.6) is 0 Å². The van der Waals surface area contributed by atoms with Crippen LogP contribution in [0.25, 0.3) is 70.2 Å². The molecule has 0 bridgehead atoms. The molecule has 0 amide bonds. The average Bonchev–Trinajstić information content (AvgIpc) is 3.64. The molecular formula is C42H36N2S. The molecule has 0 atom stereocenters. The van der Waals surface area contributed by atoms with Crippen LogP contribution >= 0.6 is 11.3 Å². The van der Waals surface area contributed by atoms with Gasteiger partial charge in [0.25, 0.3) is 0 Å². The Balaban J connectivity index is 1.42. The minimum absolute atomic E-state index is 0.280. The number of thiophene rings is 1. The second kappa shape index (κ2) is 10.7. The summed E-state index contributed by atoms with van der Waals surface area (Å²) < 4.78 is 28.5. The number of para-hydroxylation sites is 2. The third-order valence-electron chi connectivity index (χ3n) is 9.00. The lowest BCUT2D eigenvalue weighted by Gasteiger charge is -2.24. The first-order valence-corrected chi connectivity index (χ1v) is 16.5. The van der Waals surface area contributed by atoms with Gasteiger partial charge in [0.2, 0.25) is 0 Å². The molecule has 0 aliphatic rings. The lowest BCUT2D eigenvalue weighted by molar-refractivity contribution is 0.812. The van der Waals surface area contributed by atoms with Crippen molar-refractivity contribution >= 4 is 53.3 Å². The minimum Gasteiger partial charge on any atom is -0.292 e. The van der Waals surface area contributed by atoms with Crippen LogP contribution in [0.2, 0.25) is 0 Å². The molecule has 0 aliphatic carbocycles. The minimum atomic E-state index is -2.14. The number of aromatic nitrogens is 2. The molecule has 220 valence electrons. The van der Waals surface area contributed by atoms with Crippen molar-refractivity contribution in [3.8, 4) is 28.2 Å². The predicted molar refractivity (Wildman–Crippen MR) is 195 cm³/mol. The summed E-state index contributed by atoms with van der Waals surface area (Å²) in [6.07, 6.45) is 0. The SMILES string of the molecule is [2H]C([2H])([2H])c1ccc2cc3c(cc2c1)sc1c(-c2nc4ccccc4n2-c2c(C(C)C)cc(-c4ccccc4)cc2C(C)C)cccc13. The zero-order valence-corrected chi connectivity index (χ0v) is 26.7. The molecule has 0 N–H and O–H groups in total. The third-order valence-corrected chi connectivity index (χ3v) is 10.2. The van der Waals surface area contributed by atoms with Gasteiger partial charge in [0.05, 0.1) is 16.7 Å². The zero-order chi connectivity index (χ0) is 33.3. The van der Waals surface area contributed by atoms with E-state index in [9.17, 15) is 0 Å². The summed E-state index contributed by atoms with van der Waals surface area (Å²) in [6, 6.07) is 40.2. The average molecular weight is 604 g/mol. The highest BCUT2D eigenvalue weighted by atomic mass is 32.1. The highest BCUT2D eigenvalue weighted by Crippen LogP contribution is 2.44. The van der Waals surface area contributed by atoms with Crippen molar-refractivity contribution in [3.63, 3.8) is 0 Å². The van der Waals surface area contributed by atoms with Gasteiger partial charge in [-0.05, 0) is 94.2 Å². The number of hydrogen-bond donors (Lipinski definition) is 0. The number of benzene rings is 6. The molecule has 2 nitrogen and oxygen atoms in total. The second-order valence-corrected chi connectivity index (χ2v) is 13.7. The first kappa shape index (κ1) is 24.6. The topological polar surface area (TPSA) is 17.8 Å². The van der Waals surface area contributed by atoms with E-state index in [1.807, 2.05) is 12.1 Å². The first-order valence-electron chi connectivity index (χ1n) is 17.2. The lowest BCUT2D eigenvalue weighted by Crippen LogP contribution is -2.09. The Labute approximate surface area is 272 Å². The molecule has 45 heavy (non-hydrogen) atoms. The van der Waals surface area contributed by atoms with E-state index in [1.54, 1.807) is 17.4 Å². The van der Waals surface area contributed by atoms with E-state index < -0.39 is 6.85 Å². The van der Waals surface area contributed by atoms with Crippen LogP contribution in [0.1, 0.15) is 60.3 Å². The molecule has 2 heterocycles. The number of fused-ring (bicyclic) bond motifs is 5. The van der Waals surface area contributed by atoms with Gasteiger partial charge in [0.15, 0.2) is 0 Å². The molecule has 0 saturated heterocycles. The van der Waals surface area contributed by atoms with E-state index in [4.69, 9.17) is 9.10 Å². The van der Waals surface area contributed by atoms with Gasteiger partial charge in [-0.2, -0.15) is 0 Å². The van der Waals surface area contributed by atoms with Crippen LogP contribution in [0.4, 0.5) is 0 Å². The lowest BCUT2D eigenvalue weighted by atomic mass is 9.88. The number of imidazole rings is 1. The Morgan fingerprint density at radius 3 is 2.18 bits per heavy atom. The van der Waals surface area contributed by atoms with Gasteiger partial charge in [-0.3, -0.25) is 4.57 Å². The highest BCUT2D eigenvalue weighted by Gasteiger charge is 2.25. The molecule has 0 fully saturated rings.